The zero-order chi connectivity index (χ0) is 32.3. The summed E-state index contributed by atoms with van der Waals surface area (Å²) in [6.45, 7) is 0. The lowest BCUT2D eigenvalue weighted by molar-refractivity contribution is 1.06. The van der Waals surface area contributed by atoms with Crippen molar-refractivity contribution in [3.05, 3.63) is 170 Å². The standard InChI is InChI=1S/C45H28N4/c1-2-13-31(14-3-1)43-46-44(32-23-22-30-25-26-34-33-15-5-4-12-29(33)24-27-35(34)39(30)28-32)48-45(47-43)38-18-8-11-21-42(38)49-40-19-9-6-16-36(40)37-17-7-10-20-41(37)49/h1-28H. The third-order valence-corrected chi connectivity index (χ3v) is 9.64. The molecule has 0 aliphatic rings. The highest BCUT2D eigenvalue weighted by molar-refractivity contribution is 6.17. The van der Waals surface area contributed by atoms with Gasteiger partial charge in [0.1, 0.15) is 0 Å². The molecular formula is C45H28N4. The van der Waals surface area contributed by atoms with Crippen molar-refractivity contribution in [3.63, 3.8) is 0 Å². The molecule has 0 fully saturated rings. The van der Waals surface area contributed by atoms with Crippen LogP contribution in [0.1, 0.15) is 0 Å². The van der Waals surface area contributed by atoms with Crippen molar-refractivity contribution in [3.8, 4) is 39.9 Å². The van der Waals surface area contributed by atoms with Gasteiger partial charge in [-0.25, -0.2) is 15.0 Å². The molecule has 2 aromatic heterocycles. The van der Waals surface area contributed by atoms with Crippen molar-refractivity contribution in [2.45, 2.75) is 0 Å². The molecule has 4 nitrogen and oxygen atoms in total. The molecule has 0 aliphatic carbocycles. The van der Waals surface area contributed by atoms with Gasteiger partial charge in [-0.15, -0.1) is 0 Å². The first-order valence-corrected chi connectivity index (χ1v) is 16.5. The molecule has 0 aliphatic heterocycles. The topological polar surface area (TPSA) is 43.6 Å². The van der Waals surface area contributed by atoms with E-state index in [0.29, 0.717) is 17.5 Å². The second-order valence-corrected chi connectivity index (χ2v) is 12.4. The average Bonchev–Trinajstić information content (AvgIpc) is 3.52. The second kappa shape index (κ2) is 11.0. The summed E-state index contributed by atoms with van der Waals surface area (Å²) in [6, 6.07) is 59.8. The number of hydrogen-bond acceptors (Lipinski definition) is 3. The van der Waals surface area contributed by atoms with E-state index in [1.54, 1.807) is 0 Å². The summed E-state index contributed by atoms with van der Waals surface area (Å²) in [7, 11) is 0. The van der Waals surface area contributed by atoms with Crippen molar-refractivity contribution in [2.75, 3.05) is 0 Å². The van der Waals surface area contributed by atoms with Crippen LogP contribution in [0.15, 0.2) is 170 Å². The SMILES string of the molecule is c1ccc(-c2nc(-c3ccc4ccc5c6ccccc6ccc5c4c3)nc(-c3ccccc3-n3c4ccccc4c4ccccc43)n2)cc1. The van der Waals surface area contributed by atoms with Gasteiger partial charge in [0, 0.05) is 27.5 Å². The Morgan fingerprint density at radius 2 is 0.857 bits per heavy atom. The number of fused-ring (bicyclic) bond motifs is 8. The Morgan fingerprint density at radius 3 is 1.61 bits per heavy atom. The first-order valence-electron chi connectivity index (χ1n) is 16.5. The van der Waals surface area contributed by atoms with Crippen LogP contribution in [0.3, 0.4) is 0 Å². The molecule has 0 unspecified atom stereocenters. The van der Waals surface area contributed by atoms with Gasteiger partial charge in [-0.2, -0.15) is 0 Å². The van der Waals surface area contributed by atoms with Crippen LogP contribution in [-0.2, 0) is 0 Å². The monoisotopic (exact) mass is 624 g/mol. The number of nitrogens with zero attached hydrogens (tertiary/aromatic N) is 4. The molecule has 0 saturated carbocycles. The van der Waals surface area contributed by atoms with E-state index in [2.05, 4.69) is 156 Å². The smallest absolute Gasteiger partial charge is 0.166 e. The second-order valence-electron chi connectivity index (χ2n) is 12.4. The predicted octanol–water partition coefficient (Wildman–Crippen LogP) is 11.4. The normalized spacial score (nSPS) is 11.7. The van der Waals surface area contributed by atoms with Crippen LogP contribution in [0, 0.1) is 0 Å². The Hall–Kier alpha value is -6.65. The highest BCUT2D eigenvalue weighted by Gasteiger charge is 2.19. The van der Waals surface area contributed by atoms with Crippen LogP contribution < -0.4 is 0 Å². The first kappa shape index (κ1) is 27.5. The van der Waals surface area contributed by atoms with Crippen LogP contribution in [0.2, 0.25) is 0 Å². The van der Waals surface area contributed by atoms with Gasteiger partial charge in [-0.05, 0) is 62.6 Å². The number of aromatic nitrogens is 4. The molecule has 0 amide bonds. The van der Waals surface area contributed by atoms with E-state index < -0.39 is 0 Å². The molecule has 0 radical (unpaired) electrons. The molecule has 0 saturated heterocycles. The minimum atomic E-state index is 0.630. The largest absolute Gasteiger partial charge is 0.309 e. The van der Waals surface area contributed by atoms with Crippen LogP contribution in [-0.4, -0.2) is 19.5 Å². The highest BCUT2D eigenvalue weighted by atomic mass is 15.1. The Labute approximate surface area is 282 Å². The fourth-order valence-electron chi connectivity index (χ4n) is 7.34. The predicted molar refractivity (Wildman–Crippen MR) is 203 cm³/mol. The average molecular weight is 625 g/mol. The molecule has 8 aromatic carbocycles. The molecule has 0 spiro atoms. The van der Waals surface area contributed by atoms with Gasteiger partial charge in [-0.1, -0.05) is 140 Å². The van der Waals surface area contributed by atoms with Gasteiger partial charge in [0.25, 0.3) is 0 Å². The molecule has 49 heavy (non-hydrogen) atoms. The van der Waals surface area contributed by atoms with E-state index in [9.17, 15) is 0 Å². The van der Waals surface area contributed by atoms with Crippen molar-refractivity contribution in [1.82, 2.24) is 19.5 Å². The van der Waals surface area contributed by atoms with E-state index in [-0.39, 0.29) is 0 Å². The van der Waals surface area contributed by atoms with E-state index in [0.717, 1.165) is 33.4 Å². The molecule has 0 bridgehead atoms. The Kier molecular flexibility index (Phi) is 6.15. The zero-order valence-corrected chi connectivity index (χ0v) is 26.5. The fraction of sp³-hybridized carbons (Fsp3) is 0. The summed E-state index contributed by atoms with van der Waals surface area (Å²) in [5.41, 5.74) is 6.13. The number of rotatable bonds is 4. The molecule has 0 N–H and O–H groups in total. The summed E-state index contributed by atoms with van der Waals surface area (Å²) >= 11 is 0. The minimum Gasteiger partial charge on any atom is -0.309 e. The van der Waals surface area contributed by atoms with Crippen LogP contribution in [0.25, 0.3) is 94.0 Å². The fourth-order valence-corrected chi connectivity index (χ4v) is 7.34. The highest BCUT2D eigenvalue weighted by Crippen LogP contribution is 2.37. The number of hydrogen-bond donors (Lipinski definition) is 0. The third kappa shape index (κ3) is 4.42. The molecule has 10 aromatic rings. The zero-order valence-electron chi connectivity index (χ0n) is 26.5. The van der Waals surface area contributed by atoms with Crippen molar-refractivity contribution in [2.24, 2.45) is 0 Å². The van der Waals surface area contributed by atoms with Crippen molar-refractivity contribution in [1.29, 1.82) is 0 Å². The van der Waals surface area contributed by atoms with Gasteiger partial charge >= 0.3 is 0 Å². The van der Waals surface area contributed by atoms with Crippen molar-refractivity contribution >= 4 is 54.1 Å². The lowest BCUT2D eigenvalue weighted by atomic mass is 9.96. The Morgan fingerprint density at radius 1 is 0.327 bits per heavy atom. The molecular weight excluding hydrogens is 597 g/mol. The van der Waals surface area contributed by atoms with E-state index in [1.807, 2.05) is 18.2 Å². The minimum absolute atomic E-state index is 0.630. The van der Waals surface area contributed by atoms with Gasteiger partial charge in [0.2, 0.25) is 0 Å². The maximum absolute atomic E-state index is 5.23. The third-order valence-electron chi connectivity index (χ3n) is 9.64. The number of benzene rings is 8. The summed E-state index contributed by atoms with van der Waals surface area (Å²) in [4.78, 5) is 15.5. The van der Waals surface area contributed by atoms with Crippen LogP contribution >= 0.6 is 0 Å². The lowest BCUT2D eigenvalue weighted by Gasteiger charge is -2.15. The first-order chi connectivity index (χ1) is 24.3. The van der Waals surface area contributed by atoms with E-state index in [4.69, 9.17) is 15.0 Å². The molecule has 0 atom stereocenters. The summed E-state index contributed by atoms with van der Waals surface area (Å²) in [5, 5.41) is 9.73. The Bertz CT molecular complexity index is 2830. The molecule has 2 heterocycles. The quantitative estimate of drug-likeness (QED) is 0.183. The van der Waals surface area contributed by atoms with Gasteiger partial charge < -0.3 is 4.57 Å². The van der Waals surface area contributed by atoms with Crippen LogP contribution in [0.5, 0.6) is 0 Å². The Balaban J connectivity index is 1.22. The molecule has 10 rings (SSSR count). The number of para-hydroxylation sites is 3. The van der Waals surface area contributed by atoms with Gasteiger partial charge in [0.05, 0.1) is 16.7 Å². The van der Waals surface area contributed by atoms with Crippen molar-refractivity contribution < 1.29 is 0 Å². The van der Waals surface area contributed by atoms with Gasteiger partial charge in [0.15, 0.2) is 17.5 Å². The van der Waals surface area contributed by atoms with Gasteiger partial charge in [-0.3, -0.25) is 0 Å². The molecule has 4 heteroatoms. The van der Waals surface area contributed by atoms with E-state index in [1.165, 1.54) is 43.1 Å². The summed E-state index contributed by atoms with van der Waals surface area (Å²) in [6.07, 6.45) is 0. The summed E-state index contributed by atoms with van der Waals surface area (Å²) < 4.78 is 2.33. The maximum Gasteiger partial charge on any atom is 0.166 e. The van der Waals surface area contributed by atoms with Crippen LogP contribution in [0.4, 0.5) is 0 Å². The maximum atomic E-state index is 5.23. The lowest BCUT2D eigenvalue weighted by Crippen LogP contribution is -2.03. The molecule has 228 valence electrons. The van der Waals surface area contributed by atoms with E-state index >= 15 is 0 Å². The summed E-state index contributed by atoms with van der Waals surface area (Å²) in [5.74, 6) is 1.91.